The topological polar surface area (TPSA) is 17.1 Å². The highest BCUT2D eigenvalue weighted by Crippen LogP contribution is 2.16. The van der Waals surface area contributed by atoms with E-state index in [1.807, 2.05) is 0 Å². The zero-order valence-corrected chi connectivity index (χ0v) is 8.54. The highest BCUT2D eigenvalue weighted by Gasteiger charge is 2.03. The Hall–Kier alpha value is 0.0200. The number of carbonyl (C=O) groups excluding carboxylic acids is 1. The summed E-state index contributed by atoms with van der Waals surface area (Å²) in [5.41, 5.74) is 0. The van der Waals surface area contributed by atoms with Gasteiger partial charge in [-0.05, 0) is 12.3 Å². The minimum Gasteiger partial charge on any atom is -0.288 e. The van der Waals surface area contributed by atoms with Crippen LogP contribution >= 0.6 is 11.8 Å². The Balaban J connectivity index is 3.28. The fraction of sp³-hybridized carbons (Fsp3) is 0.889. The Morgan fingerprint density at radius 2 is 1.91 bits per heavy atom. The van der Waals surface area contributed by atoms with Gasteiger partial charge in [0.2, 0.25) is 0 Å². The number of thioether (sulfide) groups is 1. The summed E-state index contributed by atoms with van der Waals surface area (Å²) in [4.78, 5) is 10.6. The van der Waals surface area contributed by atoms with E-state index in [-0.39, 0.29) is 5.12 Å². The van der Waals surface area contributed by atoms with Gasteiger partial charge in [0, 0.05) is 12.7 Å². The molecule has 0 atom stereocenters. The van der Waals surface area contributed by atoms with E-state index in [0.717, 1.165) is 11.7 Å². The van der Waals surface area contributed by atoms with Crippen molar-refractivity contribution >= 4 is 16.9 Å². The minimum atomic E-state index is 0.246. The average molecular weight is 174 g/mol. The van der Waals surface area contributed by atoms with E-state index in [2.05, 4.69) is 13.8 Å². The van der Waals surface area contributed by atoms with Crippen LogP contribution in [0.5, 0.6) is 0 Å². The molecule has 0 aromatic rings. The van der Waals surface area contributed by atoms with E-state index < -0.39 is 0 Å². The summed E-state index contributed by atoms with van der Waals surface area (Å²) in [5.74, 6) is 1.82. The number of rotatable bonds is 5. The van der Waals surface area contributed by atoms with Crippen LogP contribution in [-0.4, -0.2) is 10.9 Å². The standard InChI is InChI=1S/C9H18OS/c1-4-9(5-2)6-7-11-8(3)10/h9H,4-7H2,1-3H3. The van der Waals surface area contributed by atoms with Crippen LogP contribution in [0.2, 0.25) is 0 Å². The van der Waals surface area contributed by atoms with Crippen LogP contribution in [0.25, 0.3) is 0 Å². The maximum atomic E-state index is 10.6. The molecule has 0 aliphatic heterocycles. The summed E-state index contributed by atoms with van der Waals surface area (Å²) >= 11 is 1.45. The van der Waals surface area contributed by atoms with Gasteiger partial charge in [0.1, 0.15) is 0 Å². The first-order chi connectivity index (χ1) is 5.20. The van der Waals surface area contributed by atoms with Gasteiger partial charge < -0.3 is 0 Å². The fourth-order valence-corrected chi connectivity index (χ4v) is 1.80. The van der Waals surface area contributed by atoms with Crippen molar-refractivity contribution in [3.05, 3.63) is 0 Å². The van der Waals surface area contributed by atoms with Crippen molar-refractivity contribution in [2.24, 2.45) is 5.92 Å². The van der Waals surface area contributed by atoms with Crippen molar-refractivity contribution in [3.63, 3.8) is 0 Å². The second kappa shape index (κ2) is 6.71. The molecule has 0 aromatic heterocycles. The van der Waals surface area contributed by atoms with Gasteiger partial charge in [0.25, 0.3) is 0 Å². The second-order valence-corrected chi connectivity index (χ2v) is 4.08. The molecule has 0 saturated carbocycles. The SMILES string of the molecule is CCC(CC)CCSC(C)=O. The van der Waals surface area contributed by atoms with Gasteiger partial charge in [-0.1, -0.05) is 38.5 Å². The second-order valence-electron chi connectivity index (χ2n) is 2.81. The Morgan fingerprint density at radius 3 is 2.27 bits per heavy atom. The van der Waals surface area contributed by atoms with E-state index in [1.165, 1.54) is 31.0 Å². The molecule has 0 rings (SSSR count). The highest BCUT2D eigenvalue weighted by atomic mass is 32.2. The van der Waals surface area contributed by atoms with Gasteiger partial charge in [0.15, 0.2) is 5.12 Å². The number of carbonyl (C=O) groups is 1. The third kappa shape index (κ3) is 6.42. The lowest BCUT2D eigenvalue weighted by Crippen LogP contribution is -1.99. The number of hydrogen-bond donors (Lipinski definition) is 0. The summed E-state index contributed by atoms with van der Waals surface area (Å²) in [7, 11) is 0. The Bertz CT molecular complexity index is 108. The Labute approximate surface area is 73.9 Å². The molecule has 11 heavy (non-hydrogen) atoms. The van der Waals surface area contributed by atoms with E-state index >= 15 is 0 Å². The molecule has 0 aliphatic rings. The maximum Gasteiger partial charge on any atom is 0.185 e. The van der Waals surface area contributed by atoms with Crippen LogP contribution in [0.4, 0.5) is 0 Å². The molecule has 2 heteroatoms. The molecule has 0 unspecified atom stereocenters. The van der Waals surface area contributed by atoms with Crippen molar-refractivity contribution in [2.45, 2.75) is 40.0 Å². The lowest BCUT2D eigenvalue weighted by molar-refractivity contribution is -0.109. The first-order valence-corrected chi connectivity index (χ1v) is 5.32. The van der Waals surface area contributed by atoms with Crippen LogP contribution < -0.4 is 0 Å². The first kappa shape index (κ1) is 11.0. The molecule has 0 spiro atoms. The van der Waals surface area contributed by atoms with Crippen LogP contribution in [0.15, 0.2) is 0 Å². The van der Waals surface area contributed by atoms with Gasteiger partial charge in [-0.25, -0.2) is 0 Å². The Kier molecular flexibility index (Phi) is 6.73. The van der Waals surface area contributed by atoms with E-state index in [0.29, 0.717) is 0 Å². The highest BCUT2D eigenvalue weighted by molar-refractivity contribution is 8.13. The summed E-state index contributed by atoms with van der Waals surface area (Å²) < 4.78 is 0. The molecule has 0 amide bonds. The Morgan fingerprint density at radius 1 is 1.36 bits per heavy atom. The van der Waals surface area contributed by atoms with Gasteiger partial charge in [-0.3, -0.25) is 4.79 Å². The molecule has 0 radical (unpaired) electrons. The molecule has 0 fully saturated rings. The summed E-state index contributed by atoms with van der Waals surface area (Å²) in [6.45, 7) is 6.07. The fourth-order valence-electron chi connectivity index (χ4n) is 1.07. The van der Waals surface area contributed by atoms with Crippen molar-refractivity contribution in [2.75, 3.05) is 5.75 Å². The molecule has 0 N–H and O–H groups in total. The lowest BCUT2D eigenvalue weighted by Gasteiger charge is -2.09. The van der Waals surface area contributed by atoms with Gasteiger partial charge in [-0.2, -0.15) is 0 Å². The monoisotopic (exact) mass is 174 g/mol. The largest absolute Gasteiger partial charge is 0.288 e. The minimum absolute atomic E-state index is 0.246. The van der Waals surface area contributed by atoms with Crippen LogP contribution in [0.3, 0.4) is 0 Å². The average Bonchev–Trinajstić information content (AvgIpc) is 1.98. The molecule has 1 nitrogen and oxygen atoms in total. The third-order valence-electron chi connectivity index (χ3n) is 1.99. The molecular formula is C9H18OS. The predicted molar refractivity (Wildman–Crippen MR) is 51.8 cm³/mol. The van der Waals surface area contributed by atoms with Crippen molar-refractivity contribution in [3.8, 4) is 0 Å². The summed E-state index contributed by atoms with van der Waals surface area (Å²) in [5, 5.41) is 0.246. The predicted octanol–water partition coefficient (Wildman–Crippen LogP) is 3.09. The van der Waals surface area contributed by atoms with Crippen LogP contribution in [0.1, 0.15) is 40.0 Å². The van der Waals surface area contributed by atoms with Crippen LogP contribution in [-0.2, 0) is 4.79 Å². The molecular weight excluding hydrogens is 156 g/mol. The van der Waals surface area contributed by atoms with E-state index in [9.17, 15) is 4.79 Å². The number of hydrogen-bond acceptors (Lipinski definition) is 2. The van der Waals surface area contributed by atoms with Crippen molar-refractivity contribution in [1.29, 1.82) is 0 Å². The summed E-state index contributed by atoms with van der Waals surface area (Å²) in [6, 6.07) is 0. The van der Waals surface area contributed by atoms with E-state index in [4.69, 9.17) is 0 Å². The van der Waals surface area contributed by atoms with E-state index in [1.54, 1.807) is 6.92 Å². The molecule has 0 bridgehead atoms. The molecule has 0 saturated heterocycles. The molecule has 0 aromatic carbocycles. The zero-order chi connectivity index (χ0) is 8.69. The first-order valence-electron chi connectivity index (χ1n) is 4.34. The summed E-state index contributed by atoms with van der Waals surface area (Å²) in [6.07, 6.45) is 3.68. The molecule has 0 heterocycles. The van der Waals surface area contributed by atoms with Crippen molar-refractivity contribution < 1.29 is 4.79 Å². The normalized spacial score (nSPS) is 10.5. The molecule has 66 valence electrons. The zero-order valence-electron chi connectivity index (χ0n) is 7.72. The smallest absolute Gasteiger partial charge is 0.185 e. The maximum absolute atomic E-state index is 10.6. The third-order valence-corrected chi connectivity index (χ3v) is 2.83. The van der Waals surface area contributed by atoms with Crippen molar-refractivity contribution in [1.82, 2.24) is 0 Å². The lowest BCUT2D eigenvalue weighted by atomic mass is 10.0. The quantitative estimate of drug-likeness (QED) is 0.637. The van der Waals surface area contributed by atoms with Gasteiger partial charge >= 0.3 is 0 Å². The van der Waals surface area contributed by atoms with Crippen LogP contribution in [0, 0.1) is 5.92 Å². The molecule has 0 aliphatic carbocycles. The van der Waals surface area contributed by atoms with Gasteiger partial charge in [-0.15, -0.1) is 0 Å². The van der Waals surface area contributed by atoms with Gasteiger partial charge in [0.05, 0.1) is 0 Å².